The fourth-order valence-electron chi connectivity index (χ4n) is 2.19. The predicted molar refractivity (Wildman–Crippen MR) is 122 cm³/mol. The van der Waals surface area contributed by atoms with Crippen LogP contribution in [0.15, 0.2) is 60.8 Å². The van der Waals surface area contributed by atoms with Crippen LogP contribution in [0.3, 0.4) is 0 Å². The van der Waals surface area contributed by atoms with Gasteiger partial charge in [0.25, 0.3) is 0 Å². The molecule has 0 saturated heterocycles. The van der Waals surface area contributed by atoms with Crippen LogP contribution in [0.1, 0.15) is 65.7 Å². The normalized spacial score (nSPS) is 13.7. The third-order valence-electron chi connectivity index (χ3n) is 3.74. The van der Waals surface area contributed by atoms with Crippen molar-refractivity contribution in [1.29, 1.82) is 0 Å². The number of esters is 1. The van der Waals surface area contributed by atoms with Crippen molar-refractivity contribution < 1.29 is 9.53 Å². The maximum atomic E-state index is 11.5. The first-order chi connectivity index (χ1) is 13.2. The van der Waals surface area contributed by atoms with Crippen LogP contribution in [0, 0.1) is 0 Å². The maximum Gasteiger partial charge on any atom is 0.318 e. The minimum absolute atomic E-state index is 0.0473. The number of ether oxygens (including phenoxy) is 1. The lowest BCUT2D eigenvalue weighted by Crippen LogP contribution is -2.17. The molecule has 0 bridgehead atoms. The highest BCUT2D eigenvalue weighted by Gasteiger charge is 2.13. The van der Waals surface area contributed by atoms with Gasteiger partial charge in [-0.25, -0.2) is 0 Å². The number of hydrogen-bond donors (Lipinski definition) is 0. The van der Waals surface area contributed by atoms with Gasteiger partial charge >= 0.3 is 5.97 Å². The van der Waals surface area contributed by atoms with Crippen LogP contribution in [-0.2, 0) is 9.53 Å². The smallest absolute Gasteiger partial charge is 0.318 e. The van der Waals surface area contributed by atoms with Crippen LogP contribution in [0.25, 0.3) is 0 Å². The molecule has 0 heterocycles. The molecule has 0 aromatic carbocycles. The minimum Gasteiger partial charge on any atom is -0.465 e. The molecule has 3 heteroatoms. The first kappa shape index (κ1) is 25.5. The number of rotatable bonds is 16. The molecule has 0 aromatic heterocycles. The van der Waals surface area contributed by atoms with Gasteiger partial charge in [0.05, 0.1) is 11.9 Å². The van der Waals surface area contributed by atoms with Gasteiger partial charge in [0.1, 0.15) is 0 Å². The standard InChI is InChI=1S/C24H38O2S/c1-4-6-7-8-9-10-11-12-13-14-15-16-17-18-19-20-21-22-27-23(3)24(25)26-5-2/h4,6,8-9,11-12,14-15,17-18,23H,5,7,10,13,16,19-22H2,1-3H3/b6-4-,9-8-,12-11-,15-14-,18-17-. The SMILES string of the molecule is C/C=C\C/C=C\C/C=C\C/C=C\C/C=C\CCCCSC(C)C(=O)OCC. The topological polar surface area (TPSA) is 26.3 Å². The van der Waals surface area contributed by atoms with Crippen molar-refractivity contribution in [3.05, 3.63) is 60.8 Å². The Hall–Kier alpha value is -1.48. The van der Waals surface area contributed by atoms with Crippen LogP contribution in [-0.4, -0.2) is 23.6 Å². The Morgan fingerprint density at radius 2 is 1.37 bits per heavy atom. The lowest BCUT2D eigenvalue weighted by Gasteiger charge is -2.09. The Labute approximate surface area is 171 Å². The van der Waals surface area contributed by atoms with E-state index >= 15 is 0 Å². The molecular formula is C24H38O2S. The largest absolute Gasteiger partial charge is 0.465 e. The third-order valence-corrected chi connectivity index (χ3v) is 4.96. The van der Waals surface area contributed by atoms with Crippen LogP contribution < -0.4 is 0 Å². The van der Waals surface area contributed by atoms with E-state index in [-0.39, 0.29) is 11.2 Å². The van der Waals surface area contributed by atoms with E-state index in [9.17, 15) is 4.79 Å². The Kier molecular flexibility index (Phi) is 19.7. The molecule has 152 valence electrons. The lowest BCUT2D eigenvalue weighted by molar-refractivity contribution is -0.142. The molecule has 0 radical (unpaired) electrons. The van der Waals surface area contributed by atoms with E-state index in [1.807, 2.05) is 20.8 Å². The summed E-state index contributed by atoms with van der Waals surface area (Å²) >= 11 is 1.69. The second-order valence-electron chi connectivity index (χ2n) is 6.16. The van der Waals surface area contributed by atoms with Crippen LogP contribution in [0.2, 0.25) is 0 Å². The molecule has 0 aliphatic heterocycles. The summed E-state index contributed by atoms with van der Waals surface area (Å²) in [5.41, 5.74) is 0. The molecule has 1 unspecified atom stereocenters. The molecule has 0 spiro atoms. The summed E-state index contributed by atoms with van der Waals surface area (Å²) in [5, 5.41) is -0.0473. The van der Waals surface area contributed by atoms with E-state index in [0.29, 0.717) is 6.61 Å². The number of carbonyl (C=O) groups excluding carboxylic acids is 1. The van der Waals surface area contributed by atoms with Gasteiger partial charge in [0.2, 0.25) is 0 Å². The van der Waals surface area contributed by atoms with E-state index in [2.05, 4.69) is 60.8 Å². The molecule has 0 aliphatic carbocycles. The van der Waals surface area contributed by atoms with Gasteiger partial charge in [-0.15, -0.1) is 11.8 Å². The predicted octanol–water partition coefficient (Wildman–Crippen LogP) is 7.20. The molecule has 0 rings (SSSR count). The van der Waals surface area contributed by atoms with Crippen molar-refractivity contribution in [1.82, 2.24) is 0 Å². The molecule has 0 aromatic rings. The minimum atomic E-state index is -0.0927. The number of allylic oxidation sites excluding steroid dienone is 10. The molecular weight excluding hydrogens is 352 g/mol. The van der Waals surface area contributed by atoms with Crippen LogP contribution >= 0.6 is 11.8 Å². The summed E-state index contributed by atoms with van der Waals surface area (Å²) in [6, 6.07) is 0. The number of unbranched alkanes of at least 4 members (excludes halogenated alkanes) is 2. The summed E-state index contributed by atoms with van der Waals surface area (Å²) in [6.07, 6.45) is 29.5. The molecule has 27 heavy (non-hydrogen) atoms. The monoisotopic (exact) mass is 390 g/mol. The third kappa shape index (κ3) is 19.1. The van der Waals surface area contributed by atoms with E-state index in [1.165, 1.54) is 6.42 Å². The Bertz CT molecular complexity index is 487. The molecule has 0 aliphatic rings. The van der Waals surface area contributed by atoms with Gasteiger partial charge in [0, 0.05) is 0 Å². The average Bonchev–Trinajstić information content (AvgIpc) is 2.67. The van der Waals surface area contributed by atoms with E-state index < -0.39 is 0 Å². The zero-order chi connectivity index (χ0) is 20.0. The first-order valence-electron chi connectivity index (χ1n) is 10.2. The first-order valence-corrected chi connectivity index (χ1v) is 11.3. The molecule has 1 atom stereocenters. The highest BCUT2D eigenvalue weighted by Crippen LogP contribution is 2.15. The quantitative estimate of drug-likeness (QED) is 0.158. The van der Waals surface area contributed by atoms with Gasteiger partial charge in [-0.05, 0) is 71.5 Å². The molecule has 0 amide bonds. The summed E-state index contributed by atoms with van der Waals surface area (Å²) < 4.78 is 5.00. The highest BCUT2D eigenvalue weighted by molar-refractivity contribution is 8.00. The van der Waals surface area contributed by atoms with Gasteiger partial charge < -0.3 is 4.74 Å². The van der Waals surface area contributed by atoms with E-state index in [0.717, 1.165) is 44.3 Å². The maximum absolute atomic E-state index is 11.5. The Morgan fingerprint density at radius 3 is 1.89 bits per heavy atom. The number of carbonyl (C=O) groups is 1. The van der Waals surface area contributed by atoms with E-state index in [4.69, 9.17) is 4.74 Å². The second kappa shape index (κ2) is 20.8. The van der Waals surface area contributed by atoms with Crippen molar-refractivity contribution in [3.8, 4) is 0 Å². The van der Waals surface area contributed by atoms with Gasteiger partial charge in [-0.2, -0.15) is 0 Å². The zero-order valence-electron chi connectivity index (χ0n) is 17.4. The van der Waals surface area contributed by atoms with Gasteiger partial charge in [-0.1, -0.05) is 60.8 Å². The van der Waals surface area contributed by atoms with E-state index in [1.54, 1.807) is 11.8 Å². The lowest BCUT2D eigenvalue weighted by atomic mass is 10.2. The van der Waals surface area contributed by atoms with Crippen molar-refractivity contribution >= 4 is 17.7 Å². The number of hydrogen-bond acceptors (Lipinski definition) is 3. The fourth-order valence-corrected chi connectivity index (χ4v) is 3.12. The van der Waals surface area contributed by atoms with Crippen LogP contribution in [0.5, 0.6) is 0 Å². The van der Waals surface area contributed by atoms with Crippen molar-refractivity contribution in [3.63, 3.8) is 0 Å². The summed E-state index contributed by atoms with van der Waals surface area (Å²) in [5.74, 6) is 0.926. The van der Waals surface area contributed by atoms with Crippen molar-refractivity contribution in [2.24, 2.45) is 0 Å². The average molecular weight is 391 g/mol. The summed E-state index contributed by atoms with van der Waals surface area (Å²) in [4.78, 5) is 11.5. The summed E-state index contributed by atoms with van der Waals surface area (Å²) in [7, 11) is 0. The zero-order valence-corrected chi connectivity index (χ0v) is 18.3. The van der Waals surface area contributed by atoms with Crippen molar-refractivity contribution in [2.45, 2.75) is 71.0 Å². The van der Waals surface area contributed by atoms with Crippen LogP contribution in [0.4, 0.5) is 0 Å². The molecule has 0 fully saturated rings. The summed E-state index contributed by atoms with van der Waals surface area (Å²) in [6.45, 7) is 6.28. The molecule has 2 nitrogen and oxygen atoms in total. The molecule has 0 saturated carbocycles. The fraction of sp³-hybridized carbons (Fsp3) is 0.542. The number of thioether (sulfide) groups is 1. The second-order valence-corrected chi connectivity index (χ2v) is 7.61. The van der Waals surface area contributed by atoms with Gasteiger partial charge in [0.15, 0.2) is 0 Å². The Balaban J connectivity index is 3.50. The Morgan fingerprint density at radius 1 is 0.852 bits per heavy atom. The molecule has 0 N–H and O–H groups in total. The van der Waals surface area contributed by atoms with Crippen molar-refractivity contribution in [2.75, 3.05) is 12.4 Å². The highest BCUT2D eigenvalue weighted by atomic mass is 32.2. The van der Waals surface area contributed by atoms with Gasteiger partial charge in [-0.3, -0.25) is 4.79 Å².